The first-order chi connectivity index (χ1) is 19.0. The third-order valence-corrected chi connectivity index (χ3v) is 6.54. The summed E-state index contributed by atoms with van der Waals surface area (Å²) in [4.78, 5) is 28.2. The highest BCUT2D eigenvalue weighted by atomic mass is 16.7. The summed E-state index contributed by atoms with van der Waals surface area (Å²) in [5, 5.41) is 2.96. The maximum atomic E-state index is 13.7. The average molecular weight is 523 g/mol. The van der Waals surface area contributed by atoms with E-state index in [1.807, 2.05) is 79.7 Å². The standard InChI is InChI=1S/C32H30N2O5/c1-22-9-11-23(12-10-22)20-34(32(36)26-6-4-8-28(18-26)37-2)27-7-3-5-24(15-27)17-31(35)33-19-25-13-14-29-30(16-25)39-21-38-29/h3-16,18H,17,19-21H2,1-2H3,(H,33,35). The molecule has 7 heteroatoms. The van der Waals surface area contributed by atoms with Gasteiger partial charge in [0, 0.05) is 17.8 Å². The van der Waals surface area contributed by atoms with Crippen molar-refractivity contribution in [3.05, 3.63) is 119 Å². The molecule has 5 rings (SSSR count). The van der Waals surface area contributed by atoms with Gasteiger partial charge in [-0.15, -0.1) is 0 Å². The van der Waals surface area contributed by atoms with Crippen molar-refractivity contribution in [2.24, 2.45) is 0 Å². The Kier molecular flexibility index (Phi) is 7.78. The average Bonchev–Trinajstić information content (AvgIpc) is 3.44. The summed E-state index contributed by atoms with van der Waals surface area (Å²) in [6, 6.07) is 28.4. The minimum Gasteiger partial charge on any atom is -0.497 e. The molecule has 0 bridgehead atoms. The van der Waals surface area contributed by atoms with Gasteiger partial charge < -0.3 is 24.4 Å². The van der Waals surface area contributed by atoms with Crippen LogP contribution < -0.4 is 24.4 Å². The summed E-state index contributed by atoms with van der Waals surface area (Å²) in [6.45, 7) is 3.01. The molecule has 4 aromatic carbocycles. The molecule has 0 radical (unpaired) electrons. The van der Waals surface area contributed by atoms with Gasteiger partial charge in [0.1, 0.15) is 5.75 Å². The van der Waals surface area contributed by atoms with Crippen molar-refractivity contribution < 1.29 is 23.8 Å². The molecule has 198 valence electrons. The van der Waals surface area contributed by atoms with Gasteiger partial charge in [-0.25, -0.2) is 0 Å². The van der Waals surface area contributed by atoms with Gasteiger partial charge in [-0.3, -0.25) is 9.59 Å². The van der Waals surface area contributed by atoms with Crippen molar-refractivity contribution in [3.8, 4) is 17.2 Å². The molecule has 0 spiro atoms. The van der Waals surface area contributed by atoms with Gasteiger partial charge >= 0.3 is 0 Å². The predicted molar refractivity (Wildman–Crippen MR) is 149 cm³/mol. The zero-order chi connectivity index (χ0) is 27.2. The van der Waals surface area contributed by atoms with Crippen LogP contribution in [0.1, 0.15) is 32.6 Å². The Hall–Kier alpha value is -4.78. The number of nitrogens with one attached hydrogen (secondary N) is 1. The molecule has 2 amide bonds. The number of rotatable bonds is 9. The summed E-state index contributed by atoms with van der Waals surface area (Å²) >= 11 is 0. The molecule has 0 unspecified atom stereocenters. The van der Waals surface area contributed by atoms with Crippen LogP contribution in [0.25, 0.3) is 0 Å². The van der Waals surface area contributed by atoms with Crippen LogP contribution in [0.15, 0.2) is 91.0 Å². The fourth-order valence-electron chi connectivity index (χ4n) is 4.40. The van der Waals surface area contributed by atoms with Crippen LogP contribution in [0.4, 0.5) is 5.69 Å². The first-order valence-corrected chi connectivity index (χ1v) is 12.7. The van der Waals surface area contributed by atoms with Crippen LogP contribution >= 0.6 is 0 Å². The number of carbonyl (C=O) groups is 2. The minimum atomic E-state index is -0.154. The fraction of sp³-hybridized carbons (Fsp3) is 0.188. The number of hydrogen-bond donors (Lipinski definition) is 1. The Morgan fingerprint density at radius 1 is 0.846 bits per heavy atom. The fourth-order valence-corrected chi connectivity index (χ4v) is 4.40. The zero-order valence-corrected chi connectivity index (χ0v) is 22.0. The highest BCUT2D eigenvalue weighted by molar-refractivity contribution is 6.06. The number of ether oxygens (including phenoxy) is 3. The van der Waals surface area contributed by atoms with Gasteiger partial charge in [0.05, 0.1) is 20.1 Å². The molecule has 1 heterocycles. The zero-order valence-electron chi connectivity index (χ0n) is 22.0. The number of benzene rings is 4. The van der Waals surface area contributed by atoms with Crippen molar-refractivity contribution in [2.45, 2.75) is 26.4 Å². The molecule has 0 saturated heterocycles. The van der Waals surface area contributed by atoms with E-state index in [1.165, 1.54) is 0 Å². The van der Waals surface area contributed by atoms with Crippen LogP contribution in [0.3, 0.4) is 0 Å². The quantitative estimate of drug-likeness (QED) is 0.317. The lowest BCUT2D eigenvalue weighted by molar-refractivity contribution is -0.120. The Bertz CT molecular complexity index is 1480. The van der Waals surface area contributed by atoms with E-state index < -0.39 is 0 Å². The molecule has 0 atom stereocenters. The molecule has 7 nitrogen and oxygen atoms in total. The molecule has 1 N–H and O–H groups in total. The van der Waals surface area contributed by atoms with Gasteiger partial charge in [-0.1, -0.05) is 54.1 Å². The van der Waals surface area contributed by atoms with Crippen molar-refractivity contribution >= 4 is 17.5 Å². The smallest absolute Gasteiger partial charge is 0.258 e. The molecular formula is C32H30N2O5. The monoisotopic (exact) mass is 522 g/mol. The lowest BCUT2D eigenvalue weighted by Crippen LogP contribution is -2.30. The number of amides is 2. The van der Waals surface area contributed by atoms with E-state index in [0.29, 0.717) is 41.6 Å². The number of hydrogen-bond acceptors (Lipinski definition) is 5. The summed E-state index contributed by atoms with van der Waals surface area (Å²) in [7, 11) is 1.58. The molecular weight excluding hydrogens is 492 g/mol. The molecule has 0 aliphatic carbocycles. The number of carbonyl (C=O) groups excluding carboxylic acids is 2. The highest BCUT2D eigenvalue weighted by Gasteiger charge is 2.20. The lowest BCUT2D eigenvalue weighted by atomic mass is 10.1. The van der Waals surface area contributed by atoms with E-state index in [2.05, 4.69) is 5.32 Å². The second-order valence-electron chi connectivity index (χ2n) is 9.42. The van der Waals surface area contributed by atoms with Crippen LogP contribution in [0.5, 0.6) is 17.2 Å². The normalized spacial score (nSPS) is 11.6. The van der Waals surface area contributed by atoms with E-state index in [9.17, 15) is 9.59 Å². The summed E-state index contributed by atoms with van der Waals surface area (Å²) in [5.74, 6) is 1.74. The Morgan fingerprint density at radius 3 is 2.44 bits per heavy atom. The van der Waals surface area contributed by atoms with E-state index >= 15 is 0 Å². The maximum Gasteiger partial charge on any atom is 0.258 e. The number of methoxy groups -OCH3 is 1. The Morgan fingerprint density at radius 2 is 1.62 bits per heavy atom. The maximum absolute atomic E-state index is 13.7. The lowest BCUT2D eigenvalue weighted by Gasteiger charge is -2.24. The van der Waals surface area contributed by atoms with Crippen LogP contribution in [-0.2, 0) is 24.3 Å². The summed E-state index contributed by atoms with van der Waals surface area (Å²) in [5.41, 5.74) is 5.12. The molecule has 4 aromatic rings. The first kappa shape index (κ1) is 25.9. The predicted octanol–water partition coefficient (Wildman–Crippen LogP) is 5.44. The van der Waals surface area contributed by atoms with Crippen molar-refractivity contribution in [1.29, 1.82) is 0 Å². The van der Waals surface area contributed by atoms with E-state index in [0.717, 1.165) is 22.3 Å². The SMILES string of the molecule is COc1cccc(C(=O)N(Cc2ccc(C)cc2)c2cccc(CC(=O)NCc3ccc4c(c3)OCO4)c2)c1. The largest absolute Gasteiger partial charge is 0.497 e. The second-order valence-corrected chi connectivity index (χ2v) is 9.42. The van der Waals surface area contributed by atoms with Crippen molar-refractivity contribution in [3.63, 3.8) is 0 Å². The molecule has 0 aromatic heterocycles. The summed E-state index contributed by atoms with van der Waals surface area (Å²) < 4.78 is 16.1. The van der Waals surface area contributed by atoms with E-state index in [4.69, 9.17) is 14.2 Å². The molecule has 1 aliphatic heterocycles. The van der Waals surface area contributed by atoms with Gasteiger partial charge in [0.15, 0.2) is 11.5 Å². The third kappa shape index (κ3) is 6.38. The number of fused-ring (bicyclic) bond motifs is 1. The van der Waals surface area contributed by atoms with Crippen LogP contribution in [0, 0.1) is 6.92 Å². The molecule has 0 saturated carbocycles. The molecule has 1 aliphatic rings. The first-order valence-electron chi connectivity index (χ1n) is 12.7. The number of nitrogens with zero attached hydrogens (tertiary/aromatic N) is 1. The van der Waals surface area contributed by atoms with Gasteiger partial charge in [-0.2, -0.15) is 0 Å². The Labute approximate surface area is 227 Å². The van der Waals surface area contributed by atoms with Gasteiger partial charge in [0.25, 0.3) is 5.91 Å². The van der Waals surface area contributed by atoms with Gasteiger partial charge in [0.2, 0.25) is 12.7 Å². The number of aryl methyl sites for hydroxylation is 1. The van der Waals surface area contributed by atoms with Crippen molar-refractivity contribution in [2.75, 3.05) is 18.8 Å². The van der Waals surface area contributed by atoms with Gasteiger partial charge in [-0.05, 0) is 66.1 Å². The van der Waals surface area contributed by atoms with E-state index in [-0.39, 0.29) is 25.0 Å². The molecule has 0 fully saturated rings. The highest BCUT2D eigenvalue weighted by Crippen LogP contribution is 2.32. The Balaban J connectivity index is 1.33. The second kappa shape index (κ2) is 11.7. The summed E-state index contributed by atoms with van der Waals surface area (Å²) in [6.07, 6.45) is 0.185. The minimum absolute atomic E-state index is 0.117. The molecule has 39 heavy (non-hydrogen) atoms. The topological polar surface area (TPSA) is 77.1 Å². The van der Waals surface area contributed by atoms with Crippen LogP contribution in [0.2, 0.25) is 0 Å². The van der Waals surface area contributed by atoms with Crippen LogP contribution in [-0.4, -0.2) is 25.7 Å². The third-order valence-electron chi connectivity index (χ3n) is 6.54. The van der Waals surface area contributed by atoms with Crippen molar-refractivity contribution in [1.82, 2.24) is 5.32 Å². The number of anilines is 1. The van der Waals surface area contributed by atoms with E-state index in [1.54, 1.807) is 30.2 Å².